The monoisotopic (exact) mass is 294 g/mol. The Kier molecular flexibility index (Phi) is 3.70. The molecule has 0 saturated heterocycles. The van der Waals surface area contributed by atoms with E-state index in [1.165, 1.54) is 0 Å². The molecule has 0 fully saturated rings. The predicted molar refractivity (Wildman–Crippen MR) is 60.8 cm³/mol. The maximum Gasteiger partial charge on any atom is 0.427 e. The lowest BCUT2D eigenvalue weighted by molar-refractivity contribution is -0.134. The van der Waals surface area contributed by atoms with Crippen molar-refractivity contribution in [2.75, 3.05) is 5.32 Å². The molecule has 1 heterocycles. The average Bonchev–Trinajstić information content (AvgIpc) is 2.79. The van der Waals surface area contributed by atoms with Crippen molar-refractivity contribution >= 4 is 16.5 Å². The summed E-state index contributed by atoms with van der Waals surface area (Å²) in [5.74, 6) is -1.25. The van der Waals surface area contributed by atoms with Crippen LogP contribution in [0.2, 0.25) is 0 Å². The second-order valence-electron chi connectivity index (χ2n) is 3.62. The zero-order valence-electron chi connectivity index (χ0n) is 9.26. The van der Waals surface area contributed by atoms with Crippen molar-refractivity contribution in [1.82, 2.24) is 4.98 Å². The van der Waals surface area contributed by atoms with Crippen LogP contribution in [0, 0.1) is 11.6 Å². The van der Waals surface area contributed by atoms with Crippen LogP contribution in [0.15, 0.2) is 24.4 Å². The first-order chi connectivity index (χ1) is 8.86. The number of rotatable bonds is 3. The minimum Gasteiger partial charge on any atom is -0.357 e. The number of aromatic nitrogens is 1. The highest BCUT2D eigenvalue weighted by Gasteiger charge is 2.33. The number of anilines is 1. The lowest BCUT2D eigenvalue weighted by Crippen LogP contribution is -2.02. The van der Waals surface area contributed by atoms with E-state index >= 15 is 0 Å². The summed E-state index contributed by atoms with van der Waals surface area (Å²) in [6.07, 6.45) is -3.77. The standard InChI is InChI=1S/C11H7F5N2S/c12-7-1-2-8(13)6(3-7)4-17-10-18-5-9(19-10)11(14,15)16/h1-3,5H,4H2,(H,17,18). The Morgan fingerprint density at radius 2 is 1.95 bits per heavy atom. The van der Waals surface area contributed by atoms with Gasteiger partial charge < -0.3 is 5.32 Å². The highest BCUT2D eigenvalue weighted by molar-refractivity contribution is 7.15. The Hall–Kier alpha value is -1.70. The largest absolute Gasteiger partial charge is 0.427 e. The van der Waals surface area contributed by atoms with Crippen molar-refractivity contribution in [1.29, 1.82) is 0 Å². The van der Waals surface area contributed by atoms with Crippen LogP contribution >= 0.6 is 11.3 Å². The molecular formula is C11H7F5N2S. The summed E-state index contributed by atoms with van der Waals surface area (Å²) >= 11 is 0.406. The van der Waals surface area contributed by atoms with E-state index in [0.29, 0.717) is 17.5 Å². The number of alkyl halides is 3. The molecule has 0 aliphatic carbocycles. The third kappa shape index (κ3) is 3.40. The van der Waals surface area contributed by atoms with E-state index in [1.54, 1.807) is 0 Å². The summed E-state index contributed by atoms with van der Waals surface area (Å²) in [6, 6.07) is 2.89. The van der Waals surface area contributed by atoms with Gasteiger partial charge >= 0.3 is 6.18 Å². The number of nitrogens with one attached hydrogen (secondary N) is 1. The van der Waals surface area contributed by atoms with Gasteiger partial charge in [0.2, 0.25) is 0 Å². The van der Waals surface area contributed by atoms with Gasteiger partial charge in [0.05, 0.1) is 6.20 Å². The molecule has 0 atom stereocenters. The summed E-state index contributed by atoms with van der Waals surface area (Å²) in [5, 5.41) is 2.52. The van der Waals surface area contributed by atoms with Crippen LogP contribution in [0.5, 0.6) is 0 Å². The van der Waals surface area contributed by atoms with Crippen molar-refractivity contribution in [3.63, 3.8) is 0 Å². The van der Waals surface area contributed by atoms with Gasteiger partial charge in [-0.15, -0.1) is 0 Å². The number of thiazole rings is 1. The molecule has 0 radical (unpaired) electrons. The quantitative estimate of drug-likeness (QED) is 0.864. The molecule has 0 spiro atoms. The van der Waals surface area contributed by atoms with Crippen molar-refractivity contribution < 1.29 is 22.0 Å². The van der Waals surface area contributed by atoms with Gasteiger partial charge in [0.25, 0.3) is 0 Å². The molecule has 0 amide bonds. The highest BCUT2D eigenvalue weighted by Crippen LogP contribution is 2.35. The Labute approximate surface area is 108 Å². The lowest BCUT2D eigenvalue weighted by atomic mass is 10.2. The SMILES string of the molecule is Fc1ccc(F)c(CNc2ncc(C(F)(F)F)s2)c1. The van der Waals surface area contributed by atoms with E-state index in [9.17, 15) is 22.0 Å². The molecule has 0 saturated carbocycles. The van der Waals surface area contributed by atoms with E-state index in [-0.39, 0.29) is 17.2 Å². The number of nitrogens with zero attached hydrogens (tertiary/aromatic N) is 1. The fourth-order valence-corrected chi connectivity index (χ4v) is 2.02. The van der Waals surface area contributed by atoms with Crippen molar-refractivity contribution in [3.05, 3.63) is 46.5 Å². The predicted octanol–water partition coefficient (Wildman–Crippen LogP) is 4.05. The van der Waals surface area contributed by atoms with E-state index in [1.807, 2.05) is 0 Å². The summed E-state index contributed by atoms with van der Waals surface area (Å²) < 4.78 is 63.1. The third-order valence-corrected chi connectivity index (χ3v) is 3.22. The number of hydrogen-bond donors (Lipinski definition) is 1. The summed E-state index contributed by atoms with van der Waals surface area (Å²) in [4.78, 5) is 2.67. The molecule has 0 aliphatic rings. The van der Waals surface area contributed by atoms with Gasteiger partial charge in [0, 0.05) is 12.1 Å². The zero-order chi connectivity index (χ0) is 14.0. The smallest absolute Gasteiger partial charge is 0.357 e. The van der Waals surface area contributed by atoms with E-state index in [4.69, 9.17) is 0 Å². The molecule has 102 valence electrons. The van der Waals surface area contributed by atoms with Crippen molar-refractivity contribution in [3.8, 4) is 0 Å². The number of hydrogen-bond acceptors (Lipinski definition) is 3. The van der Waals surface area contributed by atoms with Crippen LogP contribution in [0.25, 0.3) is 0 Å². The first-order valence-corrected chi connectivity index (χ1v) is 5.89. The molecule has 2 rings (SSSR count). The van der Waals surface area contributed by atoms with Gasteiger partial charge in [-0.2, -0.15) is 13.2 Å². The van der Waals surface area contributed by atoms with E-state index < -0.39 is 22.7 Å². The minimum absolute atomic E-state index is 0.00372. The van der Waals surface area contributed by atoms with Crippen LogP contribution in [0.1, 0.15) is 10.4 Å². The number of benzene rings is 1. The van der Waals surface area contributed by atoms with Crippen LogP contribution in [0.4, 0.5) is 27.1 Å². The molecule has 0 bridgehead atoms. The molecule has 1 aromatic carbocycles. The minimum atomic E-state index is -4.46. The highest BCUT2D eigenvalue weighted by atomic mass is 32.1. The van der Waals surface area contributed by atoms with Crippen LogP contribution in [0.3, 0.4) is 0 Å². The summed E-state index contributed by atoms with van der Waals surface area (Å²) in [6.45, 7) is -0.144. The molecule has 19 heavy (non-hydrogen) atoms. The average molecular weight is 294 g/mol. The van der Waals surface area contributed by atoms with Crippen LogP contribution in [-0.2, 0) is 12.7 Å². The number of halogens is 5. The topological polar surface area (TPSA) is 24.9 Å². The fraction of sp³-hybridized carbons (Fsp3) is 0.182. The summed E-state index contributed by atoms with van der Waals surface area (Å²) in [5.41, 5.74) is 0.0174. The molecule has 1 aromatic heterocycles. The zero-order valence-corrected chi connectivity index (χ0v) is 10.1. The Balaban J connectivity index is 2.06. The van der Waals surface area contributed by atoms with Crippen LogP contribution < -0.4 is 5.32 Å². The molecule has 1 N–H and O–H groups in total. The third-order valence-electron chi connectivity index (χ3n) is 2.22. The van der Waals surface area contributed by atoms with Gasteiger partial charge in [0.1, 0.15) is 16.5 Å². The molecular weight excluding hydrogens is 287 g/mol. The molecule has 8 heteroatoms. The van der Waals surface area contributed by atoms with Gasteiger partial charge in [-0.25, -0.2) is 13.8 Å². The van der Waals surface area contributed by atoms with E-state index in [0.717, 1.165) is 18.2 Å². The van der Waals surface area contributed by atoms with Crippen molar-refractivity contribution in [2.45, 2.75) is 12.7 Å². The van der Waals surface area contributed by atoms with Crippen LogP contribution in [-0.4, -0.2) is 4.98 Å². The Morgan fingerprint density at radius 3 is 2.58 bits per heavy atom. The fourth-order valence-electron chi connectivity index (χ4n) is 1.34. The Morgan fingerprint density at radius 1 is 1.21 bits per heavy atom. The molecule has 2 nitrogen and oxygen atoms in total. The molecule has 0 unspecified atom stereocenters. The second-order valence-corrected chi connectivity index (χ2v) is 4.65. The first kappa shape index (κ1) is 13.7. The maximum absolute atomic E-state index is 13.3. The van der Waals surface area contributed by atoms with Crippen molar-refractivity contribution in [2.24, 2.45) is 0 Å². The van der Waals surface area contributed by atoms with Gasteiger partial charge in [-0.1, -0.05) is 11.3 Å². The van der Waals surface area contributed by atoms with Gasteiger partial charge in [-0.3, -0.25) is 0 Å². The molecule has 2 aromatic rings. The van der Waals surface area contributed by atoms with Gasteiger partial charge in [0.15, 0.2) is 5.13 Å². The van der Waals surface area contributed by atoms with Gasteiger partial charge in [-0.05, 0) is 18.2 Å². The summed E-state index contributed by atoms with van der Waals surface area (Å²) in [7, 11) is 0. The lowest BCUT2D eigenvalue weighted by Gasteiger charge is -2.04. The molecule has 0 aliphatic heterocycles. The van der Waals surface area contributed by atoms with E-state index in [2.05, 4.69) is 10.3 Å². The first-order valence-electron chi connectivity index (χ1n) is 5.07. The second kappa shape index (κ2) is 5.12. The normalized spacial score (nSPS) is 11.6. The Bertz CT molecular complexity index is 579. The maximum atomic E-state index is 13.3.